The first kappa shape index (κ1) is 19.2. The van der Waals surface area contributed by atoms with Gasteiger partial charge in [0.2, 0.25) is 0 Å². The zero-order valence-corrected chi connectivity index (χ0v) is 17.4. The second kappa shape index (κ2) is 8.52. The third kappa shape index (κ3) is 4.17. The number of ether oxygens (including phenoxy) is 1. The van der Waals surface area contributed by atoms with Gasteiger partial charge in [0.1, 0.15) is 10.6 Å². The fraction of sp³-hybridized carbons (Fsp3) is 0.318. The first-order valence-corrected chi connectivity index (χ1v) is 10.7. The average Bonchev–Trinajstić information content (AvgIpc) is 3.08. The van der Waals surface area contributed by atoms with Crippen LogP contribution in [0.25, 0.3) is 10.1 Å². The lowest BCUT2D eigenvalue weighted by atomic mass is 10.0. The SMILES string of the molecule is COc1c(C(=O)NC2CCN(Cc3ccccc3)CC2)sc2ccc(Cl)cc12. The van der Waals surface area contributed by atoms with Crippen LogP contribution < -0.4 is 10.1 Å². The number of amides is 1. The van der Waals surface area contributed by atoms with Crippen molar-refractivity contribution in [2.45, 2.75) is 25.4 Å². The Kier molecular flexibility index (Phi) is 5.85. The standard InChI is InChI=1S/C22H23ClN2O2S/c1-27-20-18-13-16(23)7-8-19(18)28-21(20)22(26)24-17-9-11-25(12-10-17)14-15-5-3-2-4-6-15/h2-8,13,17H,9-12,14H2,1H3,(H,24,26). The molecule has 0 aliphatic carbocycles. The number of hydrogen-bond acceptors (Lipinski definition) is 4. The molecule has 0 spiro atoms. The molecule has 1 amide bonds. The summed E-state index contributed by atoms with van der Waals surface area (Å²) in [6, 6.07) is 16.3. The van der Waals surface area contributed by atoms with Gasteiger partial charge < -0.3 is 10.1 Å². The fourth-order valence-electron chi connectivity index (χ4n) is 3.73. The van der Waals surface area contributed by atoms with Crippen molar-refractivity contribution in [2.24, 2.45) is 0 Å². The lowest BCUT2D eigenvalue weighted by molar-refractivity contribution is 0.0910. The van der Waals surface area contributed by atoms with Crippen LogP contribution in [0.3, 0.4) is 0 Å². The van der Waals surface area contributed by atoms with Crippen molar-refractivity contribution < 1.29 is 9.53 Å². The van der Waals surface area contributed by atoms with E-state index in [1.807, 2.05) is 24.3 Å². The van der Waals surface area contributed by atoms with Gasteiger partial charge in [-0.15, -0.1) is 11.3 Å². The number of carbonyl (C=O) groups excluding carboxylic acids is 1. The van der Waals surface area contributed by atoms with Crippen molar-refractivity contribution in [1.29, 1.82) is 0 Å². The van der Waals surface area contributed by atoms with Crippen LogP contribution in [0, 0.1) is 0 Å². The molecule has 2 heterocycles. The second-order valence-corrected chi connectivity index (χ2v) is 8.60. The normalized spacial score (nSPS) is 15.6. The fourth-order valence-corrected chi connectivity index (χ4v) is 4.95. The molecule has 3 aromatic rings. The van der Waals surface area contributed by atoms with Crippen molar-refractivity contribution in [2.75, 3.05) is 20.2 Å². The third-order valence-corrected chi connectivity index (χ3v) is 6.57. The highest BCUT2D eigenvalue weighted by atomic mass is 35.5. The number of rotatable bonds is 5. The molecule has 1 saturated heterocycles. The number of piperidine rings is 1. The molecule has 1 aliphatic heterocycles. The largest absolute Gasteiger partial charge is 0.494 e. The van der Waals surface area contributed by atoms with Gasteiger partial charge in [0.25, 0.3) is 5.91 Å². The molecule has 0 atom stereocenters. The summed E-state index contributed by atoms with van der Waals surface area (Å²) in [6.07, 6.45) is 1.91. The molecular formula is C22H23ClN2O2S. The predicted molar refractivity (Wildman–Crippen MR) is 116 cm³/mol. The Morgan fingerprint density at radius 1 is 1.21 bits per heavy atom. The van der Waals surface area contributed by atoms with Crippen LogP contribution >= 0.6 is 22.9 Å². The highest BCUT2D eigenvalue weighted by molar-refractivity contribution is 7.21. The number of methoxy groups -OCH3 is 1. The van der Waals surface area contributed by atoms with E-state index in [2.05, 4.69) is 34.5 Å². The van der Waals surface area contributed by atoms with Crippen LogP contribution in [0.1, 0.15) is 28.1 Å². The Morgan fingerprint density at radius 3 is 2.68 bits per heavy atom. The van der Waals surface area contributed by atoms with Gasteiger partial charge in [-0.05, 0) is 36.6 Å². The minimum atomic E-state index is -0.0596. The zero-order chi connectivity index (χ0) is 19.5. The molecule has 1 aliphatic rings. The topological polar surface area (TPSA) is 41.6 Å². The molecule has 28 heavy (non-hydrogen) atoms. The van der Waals surface area contributed by atoms with Gasteiger partial charge in [-0.2, -0.15) is 0 Å². The molecule has 1 aromatic heterocycles. The van der Waals surface area contributed by atoms with E-state index in [1.54, 1.807) is 7.11 Å². The van der Waals surface area contributed by atoms with Gasteiger partial charge in [0.15, 0.2) is 0 Å². The van der Waals surface area contributed by atoms with Gasteiger partial charge in [-0.3, -0.25) is 9.69 Å². The lowest BCUT2D eigenvalue weighted by Gasteiger charge is -2.32. The van der Waals surface area contributed by atoms with E-state index >= 15 is 0 Å². The molecule has 6 heteroatoms. The predicted octanol–water partition coefficient (Wildman–Crippen LogP) is 4.96. The molecule has 4 nitrogen and oxygen atoms in total. The van der Waals surface area contributed by atoms with E-state index in [0.29, 0.717) is 15.6 Å². The van der Waals surface area contributed by atoms with Gasteiger partial charge in [0.05, 0.1) is 7.11 Å². The number of likely N-dealkylation sites (tertiary alicyclic amines) is 1. The van der Waals surface area contributed by atoms with Crippen LogP contribution in [0.15, 0.2) is 48.5 Å². The van der Waals surface area contributed by atoms with Crippen molar-refractivity contribution in [1.82, 2.24) is 10.2 Å². The maximum atomic E-state index is 12.9. The van der Waals surface area contributed by atoms with E-state index in [4.69, 9.17) is 16.3 Å². The summed E-state index contributed by atoms with van der Waals surface area (Å²) in [6.45, 7) is 2.93. The summed E-state index contributed by atoms with van der Waals surface area (Å²) in [5, 5.41) is 4.73. The van der Waals surface area contributed by atoms with Gasteiger partial charge in [0, 0.05) is 40.8 Å². The average molecular weight is 415 g/mol. The quantitative estimate of drug-likeness (QED) is 0.641. The molecule has 4 rings (SSSR count). The molecule has 0 bridgehead atoms. The van der Waals surface area contributed by atoms with E-state index in [1.165, 1.54) is 16.9 Å². The van der Waals surface area contributed by atoms with Gasteiger partial charge in [-0.25, -0.2) is 0 Å². The molecule has 1 fully saturated rings. The third-order valence-electron chi connectivity index (χ3n) is 5.19. The van der Waals surface area contributed by atoms with Gasteiger partial charge >= 0.3 is 0 Å². The van der Waals surface area contributed by atoms with E-state index < -0.39 is 0 Å². The maximum Gasteiger partial charge on any atom is 0.265 e. The van der Waals surface area contributed by atoms with E-state index in [9.17, 15) is 4.79 Å². The Balaban J connectivity index is 1.39. The van der Waals surface area contributed by atoms with Crippen molar-refractivity contribution in [3.8, 4) is 5.75 Å². The van der Waals surface area contributed by atoms with Crippen molar-refractivity contribution >= 4 is 38.9 Å². The zero-order valence-electron chi connectivity index (χ0n) is 15.8. The van der Waals surface area contributed by atoms with Crippen LogP contribution in [0.4, 0.5) is 0 Å². The minimum Gasteiger partial charge on any atom is -0.494 e. The first-order chi connectivity index (χ1) is 13.6. The number of nitrogens with zero attached hydrogens (tertiary/aromatic N) is 1. The molecule has 146 valence electrons. The number of hydrogen-bond donors (Lipinski definition) is 1. The highest BCUT2D eigenvalue weighted by Gasteiger charge is 2.25. The number of benzene rings is 2. The maximum absolute atomic E-state index is 12.9. The second-order valence-electron chi connectivity index (χ2n) is 7.11. The van der Waals surface area contributed by atoms with Crippen LogP contribution in [0.5, 0.6) is 5.75 Å². The molecular weight excluding hydrogens is 392 g/mol. The summed E-state index contributed by atoms with van der Waals surface area (Å²) >= 11 is 7.56. The van der Waals surface area contributed by atoms with Crippen LogP contribution in [-0.4, -0.2) is 37.0 Å². The minimum absolute atomic E-state index is 0.0596. The summed E-state index contributed by atoms with van der Waals surface area (Å²) < 4.78 is 6.53. The molecule has 2 aromatic carbocycles. The van der Waals surface area contributed by atoms with Crippen LogP contribution in [-0.2, 0) is 6.54 Å². The summed E-state index contributed by atoms with van der Waals surface area (Å²) in [7, 11) is 1.60. The monoisotopic (exact) mass is 414 g/mol. The molecule has 1 N–H and O–H groups in total. The van der Waals surface area contributed by atoms with Crippen LogP contribution in [0.2, 0.25) is 5.02 Å². The number of carbonyl (C=O) groups is 1. The summed E-state index contributed by atoms with van der Waals surface area (Å²) in [5.74, 6) is 0.553. The Morgan fingerprint density at radius 2 is 1.96 bits per heavy atom. The first-order valence-electron chi connectivity index (χ1n) is 9.47. The van der Waals surface area contributed by atoms with E-state index in [-0.39, 0.29) is 11.9 Å². The molecule has 0 unspecified atom stereocenters. The summed E-state index contributed by atoms with van der Waals surface area (Å²) in [5.41, 5.74) is 1.33. The number of nitrogens with one attached hydrogen (secondary N) is 1. The highest BCUT2D eigenvalue weighted by Crippen LogP contribution is 2.39. The van der Waals surface area contributed by atoms with E-state index in [0.717, 1.165) is 42.6 Å². The van der Waals surface area contributed by atoms with Crippen molar-refractivity contribution in [3.63, 3.8) is 0 Å². The Bertz CT molecular complexity index is 965. The Labute approximate surface area is 174 Å². The lowest BCUT2D eigenvalue weighted by Crippen LogP contribution is -2.44. The van der Waals surface area contributed by atoms with Gasteiger partial charge in [-0.1, -0.05) is 41.9 Å². The Hall–Kier alpha value is -2.08. The number of fused-ring (bicyclic) bond motifs is 1. The molecule has 0 radical (unpaired) electrons. The van der Waals surface area contributed by atoms with Crippen molar-refractivity contribution in [3.05, 3.63) is 64.0 Å². The number of halogens is 1. The smallest absolute Gasteiger partial charge is 0.265 e. The number of thiophene rings is 1. The molecule has 0 saturated carbocycles. The summed E-state index contributed by atoms with van der Waals surface area (Å²) in [4.78, 5) is 16.0.